The van der Waals surface area contributed by atoms with Gasteiger partial charge in [-0.25, -0.2) is 0 Å². The van der Waals surface area contributed by atoms with Crippen molar-refractivity contribution < 1.29 is 4.79 Å². The highest BCUT2D eigenvalue weighted by Crippen LogP contribution is 2.24. The van der Waals surface area contributed by atoms with Crippen molar-refractivity contribution in [1.29, 1.82) is 0 Å². The maximum Gasteiger partial charge on any atom is 0.127 e. The molecule has 1 aliphatic rings. The third-order valence-electron chi connectivity index (χ3n) is 3.10. The second kappa shape index (κ2) is 3.95. The van der Waals surface area contributed by atoms with E-state index in [2.05, 4.69) is 18.2 Å². The zero-order valence-electron chi connectivity index (χ0n) is 8.62. The Kier molecular flexibility index (Phi) is 2.67. The molecule has 0 fully saturated rings. The van der Waals surface area contributed by atoms with Crippen molar-refractivity contribution in [3.05, 3.63) is 34.9 Å². The van der Waals surface area contributed by atoms with Crippen molar-refractivity contribution in [3.63, 3.8) is 0 Å². The number of benzene rings is 1. The molecule has 1 nitrogen and oxygen atoms in total. The van der Waals surface area contributed by atoms with Crippen LogP contribution in [0.3, 0.4) is 0 Å². The average Bonchev–Trinajstić information content (AvgIpc) is 2.27. The van der Waals surface area contributed by atoms with Crippen molar-refractivity contribution >= 4 is 6.29 Å². The molecule has 1 aromatic rings. The molecule has 2 rings (SSSR count). The molecule has 0 N–H and O–H groups in total. The van der Waals surface area contributed by atoms with Crippen LogP contribution >= 0.6 is 0 Å². The predicted octanol–water partition coefficient (Wildman–Crippen LogP) is 2.87. The summed E-state index contributed by atoms with van der Waals surface area (Å²) in [7, 11) is 0. The van der Waals surface area contributed by atoms with Crippen molar-refractivity contribution in [1.82, 2.24) is 0 Å². The third kappa shape index (κ3) is 1.72. The maximum absolute atomic E-state index is 10.7. The van der Waals surface area contributed by atoms with Crippen LogP contribution in [0.15, 0.2) is 18.2 Å². The van der Waals surface area contributed by atoms with Crippen LogP contribution in [0.4, 0.5) is 0 Å². The van der Waals surface area contributed by atoms with Gasteiger partial charge in [-0.3, -0.25) is 0 Å². The van der Waals surface area contributed by atoms with Gasteiger partial charge < -0.3 is 4.79 Å². The third-order valence-corrected chi connectivity index (χ3v) is 3.10. The van der Waals surface area contributed by atoms with E-state index in [1.54, 1.807) is 0 Å². The molecule has 0 amide bonds. The Balaban J connectivity index is 2.33. The van der Waals surface area contributed by atoms with Crippen LogP contribution in [0.1, 0.15) is 42.4 Å². The fraction of sp³-hybridized carbons (Fsp3) is 0.462. The van der Waals surface area contributed by atoms with Gasteiger partial charge in [0.25, 0.3) is 0 Å². The summed E-state index contributed by atoms with van der Waals surface area (Å²) in [5, 5.41) is 0. The molecule has 1 atom stereocenters. The van der Waals surface area contributed by atoms with Gasteiger partial charge in [0.05, 0.1) is 0 Å². The SMILES string of the molecule is CC(C=O)c1ccc2c(c1)CCCC2. The van der Waals surface area contributed by atoms with E-state index in [4.69, 9.17) is 0 Å². The highest BCUT2D eigenvalue weighted by atomic mass is 16.1. The van der Waals surface area contributed by atoms with Crippen molar-refractivity contribution in [3.8, 4) is 0 Å². The molecule has 14 heavy (non-hydrogen) atoms. The summed E-state index contributed by atoms with van der Waals surface area (Å²) in [5.41, 5.74) is 4.11. The summed E-state index contributed by atoms with van der Waals surface area (Å²) in [6.07, 6.45) is 6.03. The molecule has 0 aromatic heterocycles. The topological polar surface area (TPSA) is 17.1 Å². The molecule has 1 aliphatic carbocycles. The average molecular weight is 188 g/mol. The van der Waals surface area contributed by atoms with E-state index in [9.17, 15) is 4.79 Å². The molecule has 0 bridgehead atoms. The lowest BCUT2D eigenvalue weighted by atomic mass is 9.88. The molecule has 0 heterocycles. The summed E-state index contributed by atoms with van der Waals surface area (Å²) in [6, 6.07) is 6.51. The number of aryl methyl sites for hydroxylation is 2. The molecule has 0 spiro atoms. The van der Waals surface area contributed by atoms with E-state index in [0.717, 1.165) is 6.29 Å². The molecular formula is C13H16O. The normalized spacial score (nSPS) is 17.2. The second-order valence-corrected chi connectivity index (χ2v) is 4.16. The van der Waals surface area contributed by atoms with Gasteiger partial charge in [0.1, 0.15) is 6.29 Å². The number of rotatable bonds is 2. The zero-order valence-corrected chi connectivity index (χ0v) is 8.62. The molecular weight excluding hydrogens is 172 g/mol. The minimum atomic E-state index is 0.0437. The van der Waals surface area contributed by atoms with Gasteiger partial charge in [-0.1, -0.05) is 25.1 Å². The van der Waals surface area contributed by atoms with Crippen LogP contribution in [0.5, 0.6) is 0 Å². The molecule has 1 heteroatoms. The number of carbonyl (C=O) groups is 1. The molecule has 0 aliphatic heterocycles. The first kappa shape index (κ1) is 9.45. The lowest BCUT2D eigenvalue weighted by Crippen LogP contribution is -2.04. The quantitative estimate of drug-likeness (QED) is 0.652. The molecule has 74 valence electrons. The molecule has 0 saturated heterocycles. The molecule has 0 radical (unpaired) electrons. The van der Waals surface area contributed by atoms with E-state index >= 15 is 0 Å². The highest BCUT2D eigenvalue weighted by Gasteiger charge is 2.11. The van der Waals surface area contributed by atoms with Gasteiger partial charge in [0.15, 0.2) is 0 Å². The first-order valence-corrected chi connectivity index (χ1v) is 5.38. The fourth-order valence-electron chi connectivity index (χ4n) is 2.12. The molecule has 0 saturated carbocycles. The Morgan fingerprint density at radius 1 is 1.21 bits per heavy atom. The Labute approximate surface area is 85.1 Å². The number of carbonyl (C=O) groups excluding carboxylic acids is 1. The van der Waals surface area contributed by atoms with Crippen molar-refractivity contribution in [2.45, 2.75) is 38.5 Å². The van der Waals surface area contributed by atoms with E-state index in [0.29, 0.717) is 0 Å². The summed E-state index contributed by atoms with van der Waals surface area (Å²) < 4.78 is 0. The lowest BCUT2D eigenvalue weighted by Gasteiger charge is -2.17. The summed E-state index contributed by atoms with van der Waals surface area (Å²) >= 11 is 0. The van der Waals surface area contributed by atoms with Gasteiger partial charge in [0, 0.05) is 5.92 Å². The van der Waals surface area contributed by atoms with Gasteiger partial charge >= 0.3 is 0 Å². The first-order chi connectivity index (χ1) is 6.81. The maximum atomic E-state index is 10.7. The van der Waals surface area contributed by atoms with Crippen molar-refractivity contribution in [2.75, 3.05) is 0 Å². The smallest absolute Gasteiger partial charge is 0.127 e. The van der Waals surface area contributed by atoms with Gasteiger partial charge in [0.2, 0.25) is 0 Å². The summed E-state index contributed by atoms with van der Waals surface area (Å²) in [4.78, 5) is 10.7. The van der Waals surface area contributed by atoms with Crippen LogP contribution in [-0.2, 0) is 17.6 Å². The fourth-order valence-corrected chi connectivity index (χ4v) is 2.12. The van der Waals surface area contributed by atoms with E-state index in [1.165, 1.54) is 42.4 Å². The summed E-state index contributed by atoms with van der Waals surface area (Å²) in [5.74, 6) is 0.0437. The Hall–Kier alpha value is -1.11. The number of hydrogen-bond donors (Lipinski definition) is 0. The predicted molar refractivity (Wildman–Crippen MR) is 57.6 cm³/mol. The van der Waals surface area contributed by atoms with E-state index < -0.39 is 0 Å². The Bertz CT molecular complexity index is 341. The molecule has 1 aromatic carbocycles. The van der Waals surface area contributed by atoms with Crippen LogP contribution < -0.4 is 0 Å². The Morgan fingerprint density at radius 2 is 1.93 bits per heavy atom. The van der Waals surface area contributed by atoms with Crippen LogP contribution in [0.25, 0.3) is 0 Å². The monoisotopic (exact) mass is 188 g/mol. The van der Waals surface area contributed by atoms with Crippen LogP contribution in [0, 0.1) is 0 Å². The van der Waals surface area contributed by atoms with Crippen LogP contribution in [-0.4, -0.2) is 6.29 Å². The minimum absolute atomic E-state index is 0.0437. The van der Waals surface area contributed by atoms with Gasteiger partial charge in [-0.05, 0) is 42.4 Å². The zero-order chi connectivity index (χ0) is 9.97. The van der Waals surface area contributed by atoms with Crippen LogP contribution in [0.2, 0.25) is 0 Å². The van der Waals surface area contributed by atoms with E-state index in [1.807, 2.05) is 6.92 Å². The second-order valence-electron chi connectivity index (χ2n) is 4.16. The Morgan fingerprint density at radius 3 is 2.64 bits per heavy atom. The first-order valence-electron chi connectivity index (χ1n) is 5.38. The number of fused-ring (bicyclic) bond motifs is 1. The standard InChI is InChI=1S/C13H16O/c1-10(9-14)12-7-6-11-4-2-3-5-13(11)8-12/h6-10H,2-5H2,1H3. The summed E-state index contributed by atoms with van der Waals surface area (Å²) in [6.45, 7) is 1.96. The minimum Gasteiger partial charge on any atom is -0.303 e. The highest BCUT2D eigenvalue weighted by molar-refractivity contribution is 5.61. The largest absolute Gasteiger partial charge is 0.303 e. The lowest BCUT2D eigenvalue weighted by molar-refractivity contribution is -0.108. The van der Waals surface area contributed by atoms with Crippen molar-refractivity contribution in [2.24, 2.45) is 0 Å². The van der Waals surface area contributed by atoms with E-state index in [-0.39, 0.29) is 5.92 Å². The van der Waals surface area contributed by atoms with Gasteiger partial charge in [-0.15, -0.1) is 0 Å². The van der Waals surface area contributed by atoms with Gasteiger partial charge in [-0.2, -0.15) is 0 Å². The molecule has 1 unspecified atom stereocenters. The number of hydrogen-bond acceptors (Lipinski definition) is 1. The number of aldehydes is 1.